The molecule has 3 heterocycles. The number of hydrogen-bond acceptors (Lipinski definition) is 6. The van der Waals surface area contributed by atoms with Crippen LogP contribution in [0, 0.1) is 0 Å². The SMILES string of the molecule is CCN1CCN(c2nc(-c3ccc(OC)cc3)ncc2C(=O)N2CCCCC2)CC1. The summed E-state index contributed by atoms with van der Waals surface area (Å²) in [5.41, 5.74) is 1.54. The molecule has 7 heteroatoms. The summed E-state index contributed by atoms with van der Waals surface area (Å²) in [6, 6.07) is 7.73. The van der Waals surface area contributed by atoms with Crippen molar-refractivity contribution in [2.75, 3.05) is 57.8 Å². The van der Waals surface area contributed by atoms with Crippen molar-refractivity contribution in [3.05, 3.63) is 36.0 Å². The normalized spacial score (nSPS) is 17.8. The lowest BCUT2D eigenvalue weighted by atomic mass is 10.1. The second-order valence-electron chi connectivity index (χ2n) is 7.93. The first-order valence-corrected chi connectivity index (χ1v) is 11.0. The van der Waals surface area contributed by atoms with Crippen LogP contribution < -0.4 is 9.64 Å². The zero-order chi connectivity index (χ0) is 20.9. The number of aromatic nitrogens is 2. The molecule has 2 aromatic rings. The molecule has 0 radical (unpaired) electrons. The van der Waals surface area contributed by atoms with Crippen LogP contribution >= 0.6 is 0 Å². The van der Waals surface area contributed by atoms with Crippen molar-refractivity contribution in [1.29, 1.82) is 0 Å². The minimum absolute atomic E-state index is 0.0592. The molecule has 2 aliphatic heterocycles. The summed E-state index contributed by atoms with van der Waals surface area (Å²) < 4.78 is 5.26. The molecule has 2 saturated heterocycles. The zero-order valence-electron chi connectivity index (χ0n) is 18.0. The molecule has 1 amide bonds. The number of ether oxygens (including phenoxy) is 1. The van der Waals surface area contributed by atoms with Gasteiger partial charge in [0.25, 0.3) is 5.91 Å². The number of benzene rings is 1. The third kappa shape index (κ3) is 4.41. The zero-order valence-corrected chi connectivity index (χ0v) is 18.0. The molecular formula is C23H31N5O2. The highest BCUT2D eigenvalue weighted by Crippen LogP contribution is 2.26. The predicted molar refractivity (Wildman–Crippen MR) is 118 cm³/mol. The van der Waals surface area contributed by atoms with Crippen LogP contribution in [-0.2, 0) is 0 Å². The molecular weight excluding hydrogens is 378 g/mol. The Morgan fingerprint density at radius 1 is 1.00 bits per heavy atom. The number of methoxy groups -OCH3 is 1. The maximum atomic E-state index is 13.3. The van der Waals surface area contributed by atoms with E-state index < -0.39 is 0 Å². The highest BCUT2D eigenvalue weighted by atomic mass is 16.5. The number of amides is 1. The van der Waals surface area contributed by atoms with Gasteiger partial charge in [-0.25, -0.2) is 9.97 Å². The maximum absolute atomic E-state index is 13.3. The molecule has 1 aromatic heterocycles. The van der Waals surface area contributed by atoms with E-state index in [2.05, 4.69) is 21.7 Å². The molecule has 30 heavy (non-hydrogen) atoms. The summed E-state index contributed by atoms with van der Waals surface area (Å²) in [6.45, 7) is 8.58. The van der Waals surface area contributed by atoms with Gasteiger partial charge < -0.3 is 19.4 Å². The van der Waals surface area contributed by atoms with Crippen LogP contribution in [0.3, 0.4) is 0 Å². The summed E-state index contributed by atoms with van der Waals surface area (Å²) in [7, 11) is 1.65. The third-order valence-corrected chi connectivity index (χ3v) is 6.11. The molecule has 2 fully saturated rings. The molecule has 2 aliphatic rings. The molecule has 0 unspecified atom stereocenters. The molecule has 0 N–H and O–H groups in total. The largest absolute Gasteiger partial charge is 0.497 e. The van der Waals surface area contributed by atoms with Gasteiger partial charge in [-0.15, -0.1) is 0 Å². The number of anilines is 1. The van der Waals surface area contributed by atoms with Crippen molar-refractivity contribution in [2.45, 2.75) is 26.2 Å². The summed E-state index contributed by atoms with van der Waals surface area (Å²) in [5.74, 6) is 2.26. The first-order valence-electron chi connectivity index (χ1n) is 11.0. The fourth-order valence-electron chi connectivity index (χ4n) is 4.19. The Hall–Kier alpha value is -2.67. The summed E-state index contributed by atoms with van der Waals surface area (Å²) in [5, 5.41) is 0. The van der Waals surface area contributed by atoms with Crippen LogP contribution in [0.5, 0.6) is 5.75 Å². The van der Waals surface area contributed by atoms with Crippen LogP contribution in [0.1, 0.15) is 36.5 Å². The highest BCUT2D eigenvalue weighted by molar-refractivity contribution is 5.99. The molecule has 160 valence electrons. The first kappa shape index (κ1) is 20.6. The van der Waals surface area contributed by atoms with Crippen LogP contribution in [0.4, 0.5) is 5.82 Å². The third-order valence-electron chi connectivity index (χ3n) is 6.11. The lowest BCUT2D eigenvalue weighted by Crippen LogP contribution is -2.47. The van der Waals surface area contributed by atoms with Crippen LogP contribution in [0.25, 0.3) is 11.4 Å². The van der Waals surface area contributed by atoms with Gasteiger partial charge in [0.1, 0.15) is 17.1 Å². The Bertz CT molecular complexity index is 856. The molecule has 1 aromatic carbocycles. The van der Waals surface area contributed by atoms with Crippen molar-refractivity contribution in [2.24, 2.45) is 0 Å². The van der Waals surface area contributed by atoms with Crippen LogP contribution in [0.2, 0.25) is 0 Å². The number of rotatable bonds is 5. The number of likely N-dealkylation sites (tertiary alicyclic amines) is 1. The van der Waals surface area contributed by atoms with E-state index in [1.54, 1.807) is 13.3 Å². The van der Waals surface area contributed by atoms with Crippen molar-refractivity contribution >= 4 is 11.7 Å². The minimum Gasteiger partial charge on any atom is -0.497 e. The van der Waals surface area contributed by atoms with E-state index in [1.165, 1.54) is 6.42 Å². The molecule has 4 rings (SSSR count). The number of carbonyl (C=O) groups excluding carboxylic acids is 1. The van der Waals surface area contributed by atoms with Crippen molar-refractivity contribution in [1.82, 2.24) is 19.8 Å². The Kier molecular flexibility index (Phi) is 6.47. The minimum atomic E-state index is 0.0592. The van der Waals surface area contributed by atoms with Gasteiger partial charge in [0.15, 0.2) is 5.82 Å². The monoisotopic (exact) mass is 409 g/mol. The van der Waals surface area contributed by atoms with Gasteiger partial charge in [0.05, 0.1) is 7.11 Å². The molecule has 0 saturated carbocycles. The van der Waals surface area contributed by atoms with Crippen molar-refractivity contribution < 1.29 is 9.53 Å². The first-order chi connectivity index (χ1) is 14.7. The average Bonchev–Trinajstić information content (AvgIpc) is 2.84. The topological polar surface area (TPSA) is 61.8 Å². The Morgan fingerprint density at radius 3 is 2.33 bits per heavy atom. The molecule has 7 nitrogen and oxygen atoms in total. The van der Waals surface area contributed by atoms with E-state index in [4.69, 9.17) is 9.72 Å². The van der Waals surface area contributed by atoms with Crippen molar-refractivity contribution in [3.8, 4) is 17.1 Å². The smallest absolute Gasteiger partial charge is 0.259 e. The van der Waals surface area contributed by atoms with E-state index in [0.717, 1.165) is 75.8 Å². The van der Waals surface area contributed by atoms with Gasteiger partial charge in [-0.2, -0.15) is 0 Å². The number of carbonyl (C=O) groups is 1. The Labute approximate surface area is 178 Å². The van der Waals surface area contributed by atoms with E-state index in [1.807, 2.05) is 29.2 Å². The molecule has 0 aliphatic carbocycles. The lowest BCUT2D eigenvalue weighted by molar-refractivity contribution is 0.0724. The number of piperazine rings is 1. The van der Waals surface area contributed by atoms with Gasteiger partial charge in [0.2, 0.25) is 0 Å². The molecule has 0 atom stereocenters. The Morgan fingerprint density at radius 2 is 1.70 bits per heavy atom. The second kappa shape index (κ2) is 9.43. The fourth-order valence-corrected chi connectivity index (χ4v) is 4.19. The van der Waals surface area contributed by atoms with E-state index >= 15 is 0 Å². The van der Waals surface area contributed by atoms with Gasteiger partial charge in [-0.1, -0.05) is 6.92 Å². The van der Waals surface area contributed by atoms with E-state index in [-0.39, 0.29) is 5.91 Å². The van der Waals surface area contributed by atoms with Crippen LogP contribution in [0.15, 0.2) is 30.5 Å². The number of nitrogens with zero attached hydrogens (tertiary/aromatic N) is 5. The second-order valence-corrected chi connectivity index (χ2v) is 7.93. The lowest BCUT2D eigenvalue weighted by Gasteiger charge is -2.36. The summed E-state index contributed by atoms with van der Waals surface area (Å²) >= 11 is 0. The van der Waals surface area contributed by atoms with E-state index in [0.29, 0.717) is 11.4 Å². The standard InChI is InChI=1S/C23H31N5O2/c1-3-26-13-15-27(16-14-26)22-20(23(29)28-11-5-4-6-12-28)17-24-21(25-22)18-7-9-19(30-2)10-8-18/h7-10,17H,3-6,11-16H2,1-2H3. The summed E-state index contributed by atoms with van der Waals surface area (Å²) in [4.78, 5) is 29.4. The number of likely N-dealkylation sites (N-methyl/N-ethyl adjacent to an activating group) is 1. The average molecular weight is 410 g/mol. The van der Waals surface area contributed by atoms with Crippen molar-refractivity contribution in [3.63, 3.8) is 0 Å². The Balaban J connectivity index is 1.67. The summed E-state index contributed by atoms with van der Waals surface area (Å²) in [6.07, 6.45) is 5.07. The van der Waals surface area contributed by atoms with Gasteiger partial charge >= 0.3 is 0 Å². The van der Waals surface area contributed by atoms with Gasteiger partial charge in [-0.3, -0.25) is 4.79 Å². The molecule has 0 bridgehead atoms. The van der Waals surface area contributed by atoms with Gasteiger partial charge in [0, 0.05) is 51.0 Å². The number of hydrogen-bond donors (Lipinski definition) is 0. The molecule has 0 spiro atoms. The van der Waals surface area contributed by atoms with Gasteiger partial charge in [-0.05, 0) is 50.1 Å². The maximum Gasteiger partial charge on any atom is 0.259 e. The quantitative estimate of drug-likeness (QED) is 0.757. The van der Waals surface area contributed by atoms with E-state index in [9.17, 15) is 4.79 Å². The van der Waals surface area contributed by atoms with Crippen LogP contribution in [-0.4, -0.2) is 78.6 Å². The predicted octanol–water partition coefficient (Wildman–Crippen LogP) is 2.92. The highest BCUT2D eigenvalue weighted by Gasteiger charge is 2.27. The number of piperidine rings is 1. The fraction of sp³-hybridized carbons (Fsp3) is 0.522.